The van der Waals surface area contributed by atoms with E-state index >= 15 is 0 Å². The van der Waals surface area contributed by atoms with E-state index in [0.29, 0.717) is 12.1 Å². The third-order valence-electron chi connectivity index (χ3n) is 4.35. The number of benzene rings is 3. The minimum atomic E-state index is -0.875. The van der Waals surface area contributed by atoms with Crippen LogP contribution < -0.4 is 5.32 Å². The molecule has 0 aliphatic rings. The second-order valence-electron chi connectivity index (χ2n) is 6.11. The summed E-state index contributed by atoms with van der Waals surface area (Å²) in [5.74, 6) is 0.0878. The van der Waals surface area contributed by atoms with Crippen molar-refractivity contribution in [2.45, 2.75) is 13.0 Å². The lowest BCUT2D eigenvalue weighted by Crippen LogP contribution is -2.37. The molecule has 1 unspecified atom stereocenters. The van der Waals surface area contributed by atoms with Crippen molar-refractivity contribution < 1.29 is 15.0 Å². The molecule has 0 aromatic heterocycles. The molecular weight excluding hydrogens is 328 g/mol. The van der Waals surface area contributed by atoms with Gasteiger partial charge in [-0.3, -0.25) is 0 Å². The molecule has 0 saturated heterocycles. The highest BCUT2D eigenvalue weighted by Crippen LogP contribution is 2.24. The molecule has 2 amide bonds. The van der Waals surface area contributed by atoms with Crippen molar-refractivity contribution in [1.82, 2.24) is 4.90 Å². The number of phenols is 1. The minimum Gasteiger partial charge on any atom is -0.508 e. The van der Waals surface area contributed by atoms with Crippen molar-refractivity contribution >= 4 is 22.5 Å². The second kappa shape index (κ2) is 7.89. The summed E-state index contributed by atoms with van der Waals surface area (Å²) >= 11 is 0. The van der Waals surface area contributed by atoms with Crippen LogP contribution in [-0.2, 0) is 0 Å². The fourth-order valence-electron chi connectivity index (χ4n) is 2.93. The molecule has 0 aliphatic heterocycles. The number of phenolic OH excluding ortho intramolecular Hbond substituents is 1. The Morgan fingerprint density at radius 2 is 1.81 bits per heavy atom. The number of hydrogen-bond acceptors (Lipinski definition) is 3. The number of aromatic hydroxyl groups is 1. The Kier molecular flexibility index (Phi) is 5.39. The van der Waals surface area contributed by atoms with E-state index < -0.39 is 6.10 Å². The van der Waals surface area contributed by atoms with Gasteiger partial charge in [0.25, 0.3) is 0 Å². The van der Waals surface area contributed by atoms with Crippen molar-refractivity contribution in [3.63, 3.8) is 0 Å². The third kappa shape index (κ3) is 3.95. The molecule has 0 saturated carbocycles. The largest absolute Gasteiger partial charge is 0.508 e. The molecule has 0 radical (unpaired) electrons. The SMILES string of the molecule is CCN(CC(O)c1cccc(O)c1)C(=O)Nc1cccc2ccccc12. The van der Waals surface area contributed by atoms with Gasteiger partial charge in [0, 0.05) is 11.9 Å². The zero-order chi connectivity index (χ0) is 18.5. The van der Waals surface area contributed by atoms with Crippen LogP contribution >= 0.6 is 0 Å². The lowest BCUT2D eigenvalue weighted by atomic mass is 10.1. The molecule has 1 atom stereocenters. The number of carbonyl (C=O) groups is 1. The predicted octanol–water partition coefficient (Wildman–Crippen LogP) is 4.13. The average Bonchev–Trinajstić information content (AvgIpc) is 2.66. The van der Waals surface area contributed by atoms with E-state index in [-0.39, 0.29) is 18.3 Å². The quantitative estimate of drug-likeness (QED) is 0.648. The van der Waals surface area contributed by atoms with Crippen molar-refractivity contribution in [3.8, 4) is 5.75 Å². The molecule has 26 heavy (non-hydrogen) atoms. The Hall–Kier alpha value is -3.05. The number of urea groups is 1. The van der Waals surface area contributed by atoms with E-state index in [2.05, 4.69) is 5.32 Å². The molecule has 0 spiro atoms. The summed E-state index contributed by atoms with van der Waals surface area (Å²) in [6.45, 7) is 2.45. The Bertz CT molecular complexity index is 905. The summed E-state index contributed by atoms with van der Waals surface area (Å²) in [4.78, 5) is 14.2. The molecule has 0 heterocycles. The van der Waals surface area contributed by atoms with Crippen LogP contribution in [0.25, 0.3) is 10.8 Å². The number of rotatable bonds is 5. The maximum atomic E-state index is 12.7. The van der Waals surface area contributed by atoms with Gasteiger partial charge in [-0.25, -0.2) is 4.79 Å². The monoisotopic (exact) mass is 350 g/mol. The molecule has 3 aromatic rings. The van der Waals surface area contributed by atoms with Gasteiger partial charge in [0.05, 0.1) is 18.3 Å². The van der Waals surface area contributed by atoms with E-state index in [1.807, 2.05) is 49.4 Å². The van der Waals surface area contributed by atoms with E-state index in [1.54, 1.807) is 18.2 Å². The molecule has 5 heteroatoms. The normalized spacial score (nSPS) is 11.9. The lowest BCUT2D eigenvalue weighted by molar-refractivity contribution is 0.128. The number of aliphatic hydroxyl groups excluding tert-OH is 1. The summed E-state index contributed by atoms with van der Waals surface area (Å²) in [6.07, 6.45) is -0.875. The van der Waals surface area contributed by atoms with Crippen LogP contribution in [0.5, 0.6) is 5.75 Å². The molecule has 3 rings (SSSR count). The first-order chi connectivity index (χ1) is 12.6. The fraction of sp³-hybridized carbons (Fsp3) is 0.190. The smallest absolute Gasteiger partial charge is 0.321 e. The third-order valence-corrected chi connectivity index (χ3v) is 4.35. The molecule has 134 valence electrons. The van der Waals surface area contributed by atoms with Crippen LogP contribution in [0.1, 0.15) is 18.6 Å². The van der Waals surface area contributed by atoms with Crippen LogP contribution in [-0.4, -0.2) is 34.2 Å². The summed E-state index contributed by atoms with van der Waals surface area (Å²) in [5, 5.41) is 24.9. The number of amides is 2. The van der Waals surface area contributed by atoms with Gasteiger partial charge in [-0.15, -0.1) is 0 Å². The number of hydrogen-bond donors (Lipinski definition) is 3. The number of nitrogens with zero attached hydrogens (tertiary/aromatic N) is 1. The highest BCUT2D eigenvalue weighted by molar-refractivity contribution is 6.01. The summed E-state index contributed by atoms with van der Waals surface area (Å²) in [6, 6.07) is 19.8. The number of likely N-dealkylation sites (N-methyl/N-ethyl adjacent to an activating group) is 1. The summed E-state index contributed by atoms with van der Waals surface area (Å²) in [5.41, 5.74) is 1.31. The highest BCUT2D eigenvalue weighted by Gasteiger charge is 2.18. The van der Waals surface area contributed by atoms with Crippen molar-refractivity contribution in [2.24, 2.45) is 0 Å². The molecule has 5 nitrogen and oxygen atoms in total. The van der Waals surface area contributed by atoms with Crippen LogP contribution in [0, 0.1) is 0 Å². The van der Waals surface area contributed by atoms with Crippen LogP contribution in [0.3, 0.4) is 0 Å². The first-order valence-corrected chi connectivity index (χ1v) is 8.59. The van der Waals surface area contributed by atoms with E-state index in [0.717, 1.165) is 16.5 Å². The standard InChI is InChI=1S/C21H22N2O3/c1-2-23(14-20(25)16-9-5-10-17(24)13-16)21(26)22-19-12-6-8-15-7-3-4-11-18(15)19/h3-13,20,24-25H,2,14H2,1H3,(H,22,26). The Morgan fingerprint density at radius 3 is 2.58 bits per heavy atom. The van der Waals surface area contributed by atoms with Gasteiger partial charge in [0.15, 0.2) is 0 Å². The Morgan fingerprint density at radius 1 is 1.08 bits per heavy atom. The van der Waals surface area contributed by atoms with Gasteiger partial charge in [0.1, 0.15) is 5.75 Å². The van der Waals surface area contributed by atoms with E-state index in [4.69, 9.17) is 0 Å². The topological polar surface area (TPSA) is 72.8 Å². The predicted molar refractivity (Wildman–Crippen MR) is 103 cm³/mol. The number of aliphatic hydroxyl groups is 1. The molecule has 0 aliphatic carbocycles. The first kappa shape index (κ1) is 17.8. The molecule has 3 aromatic carbocycles. The summed E-state index contributed by atoms with van der Waals surface area (Å²) in [7, 11) is 0. The Labute approximate surface area is 152 Å². The van der Waals surface area contributed by atoms with Gasteiger partial charge in [-0.1, -0.05) is 48.5 Å². The number of fused-ring (bicyclic) bond motifs is 1. The van der Waals surface area contributed by atoms with Crippen molar-refractivity contribution in [3.05, 3.63) is 72.3 Å². The Balaban J connectivity index is 1.74. The molecule has 3 N–H and O–H groups in total. The highest BCUT2D eigenvalue weighted by atomic mass is 16.3. The minimum absolute atomic E-state index is 0.0878. The van der Waals surface area contributed by atoms with Gasteiger partial charge in [-0.2, -0.15) is 0 Å². The van der Waals surface area contributed by atoms with Gasteiger partial charge in [0.2, 0.25) is 0 Å². The zero-order valence-corrected chi connectivity index (χ0v) is 14.6. The van der Waals surface area contributed by atoms with Gasteiger partial charge >= 0.3 is 6.03 Å². The zero-order valence-electron chi connectivity index (χ0n) is 14.6. The van der Waals surface area contributed by atoms with E-state index in [9.17, 15) is 15.0 Å². The van der Waals surface area contributed by atoms with Gasteiger partial charge in [-0.05, 0) is 36.1 Å². The fourth-order valence-corrected chi connectivity index (χ4v) is 2.93. The van der Waals surface area contributed by atoms with Crippen LogP contribution in [0.2, 0.25) is 0 Å². The van der Waals surface area contributed by atoms with E-state index in [1.165, 1.54) is 11.0 Å². The molecule has 0 fully saturated rings. The maximum absolute atomic E-state index is 12.7. The first-order valence-electron chi connectivity index (χ1n) is 8.59. The lowest BCUT2D eigenvalue weighted by Gasteiger charge is -2.25. The number of carbonyl (C=O) groups excluding carboxylic acids is 1. The van der Waals surface area contributed by atoms with Crippen molar-refractivity contribution in [2.75, 3.05) is 18.4 Å². The average molecular weight is 350 g/mol. The van der Waals surface area contributed by atoms with Crippen LogP contribution in [0.15, 0.2) is 66.7 Å². The van der Waals surface area contributed by atoms with Crippen LogP contribution in [0.4, 0.5) is 10.5 Å². The molecular formula is C21H22N2O3. The van der Waals surface area contributed by atoms with Gasteiger partial charge < -0.3 is 20.4 Å². The number of anilines is 1. The maximum Gasteiger partial charge on any atom is 0.321 e. The van der Waals surface area contributed by atoms with Crippen molar-refractivity contribution in [1.29, 1.82) is 0 Å². The molecule has 0 bridgehead atoms. The second-order valence-corrected chi connectivity index (χ2v) is 6.11. The number of nitrogens with one attached hydrogen (secondary N) is 1. The summed E-state index contributed by atoms with van der Waals surface area (Å²) < 4.78 is 0.